The molecule has 8 heteroatoms. The van der Waals surface area contributed by atoms with Crippen LogP contribution in [0.25, 0.3) is 0 Å². The quantitative estimate of drug-likeness (QED) is 0.617. The van der Waals surface area contributed by atoms with Crippen molar-refractivity contribution >= 4 is 28.5 Å². The van der Waals surface area contributed by atoms with Gasteiger partial charge in [-0.05, 0) is 25.0 Å². The van der Waals surface area contributed by atoms with Crippen LogP contribution in [0, 0.1) is 0 Å². The van der Waals surface area contributed by atoms with Crippen LogP contribution in [0.5, 0.6) is 0 Å². The van der Waals surface area contributed by atoms with Crippen LogP contribution in [0.4, 0.5) is 0 Å². The molecule has 1 aromatic rings. The summed E-state index contributed by atoms with van der Waals surface area (Å²) in [5.41, 5.74) is 5.30. The Kier molecular flexibility index (Phi) is 5.86. The molecule has 0 aromatic heterocycles. The number of hydrogen-bond acceptors (Lipinski definition) is 4. The Morgan fingerprint density at radius 2 is 2.04 bits per heavy atom. The molecule has 4 N–H and O–H groups in total. The van der Waals surface area contributed by atoms with Gasteiger partial charge in [0.05, 0.1) is 10.8 Å². The van der Waals surface area contributed by atoms with Crippen molar-refractivity contribution in [3.63, 3.8) is 0 Å². The standard InChI is InChI=1S/C15H19N3O4S/c16-14(20)11(18-15(21)12-6-7-13(19)17-12)8-9-23(22)10-4-2-1-3-5-10/h1-5,11-12H,6-9H2,(H2,16,20)(H,17,19)(H,18,21)/t11-,12+,23+/m0/s1. The van der Waals surface area contributed by atoms with Crippen LogP contribution in [0.3, 0.4) is 0 Å². The zero-order valence-electron chi connectivity index (χ0n) is 12.5. The van der Waals surface area contributed by atoms with Gasteiger partial charge in [-0.3, -0.25) is 18.6 Å². The molecule has 23 heavy (non-hydrogen) atoms. The van der Waals surface area contributed by atoms with E-state index in [1.54, 1.807) is 24.3 Å². The van der Waals surface area contributed by atoms with E-state index in [1.807, 2.05) is 6.07 Å². The molecule has 0 aliphatic carbocycles. The molecule has 0 spiro atoms. The lowest BCUT2D eigenvalue weighted by molar-refractivity contribution is -0.129. The number of nitrogens with two attached hydrogens (primary N) is 1. The van der Waals surface area contributed by atoms with Gasteiger partial charge in [-0.1, -0.05) is 18.2 Å². The summed E-state index contributed by atoms with van der Waals surface area (Å²) >= 11 is 0. The molecule has 124 valence electrons. The molecular weight excluding hydrogens is 318 g/mol. The Balaban J connectivity index is 1.89. The average Bonchev–Trinajstić information content (AvgIpc) is 2.98. The first-order valence-electron chi connectivity index (χ1n) is 7.30. The van der Waals surface area contributed by atoms with Crippen molar-refractivity contribution in [1.29, 1.82) is 0 Å². The van der Waals surface area contributed by atoms with Crippen molar-refractivity contribution in [2.75, 3.05) is 5.75 Å². The second-order valence-corrected chi connectivity index (χ2v) is 6.84. The van der Waals surface area contributed by atoms with Gasteiger partial charge in [-0.15, -0.1) is 0 Å². The number of carbonyl (C=O) groups is 3. The van der Waals surface area contributed by atoms with E-state index in [2.05, 4.69) is 10.6 Å². The summed E-state index contributed by atoms with van der Waals surface area (Å²) in [5.74, 6) is -1.11. The van der Waals surface area contributed by atoms with Crippen LogP contribution in [-0.2, 0) is 25.2 Å². The molecule has 1 heterocycles. The van der Waals surface area contributed by atoms with Crippen LogP contribution in [-0.4, -0.2) is 39.8 Å². The summed E-state index contributed by atoms with van der Waals surface area (Å²) < 4.78 is 12.1. The second kappa shape index (κ2) is 7.87. The molecule has 0 bridgehead atoms. The molecule has 3 amide bonds. The van der Waals surface area contributed by atoms with Crippen molar-refractivity contribution in [1.82, 2.24) is 10.6 Å². The normalized spacial score (nSPS) is 19.7. The summed E-state index contributed by atoms with van der Waals surface area (Å²) in [4.78, 5) is 35.3. The predicted molar refractivity (Wildman–Crippen MR) is 84.6 cm³/mol. The molecule has 0 unspecified atom stereocenters. The highest BCUT2D eigenvalue weighted by Gasteiger charge is 2.29. The number of rotatable bonds is 7. The van der Waals surface area contributed by atoms with Crippen LogP contribution in [0.15, 0.2) is 35.2 Å². The van der Waals surface area contributed by atoms with E-state index in [0.717, 1.165) is 0 Å². The minimum absolute atomic E-state index is 0.170. The summed E-state index contributed by atoms with van der Waals surface area (Å²) in [5, 5.41) is 5.05. The summed E-state index contributed by atoms with van der Waals surface area (Å²) in [6.07, 6.45) is 0.854. The number of hydrogen-bond donors (Lipinski definition) is 3. The number of primary amides is 1. The Hall–Kier alpha value is -2.22. The first-order valence-corrected chi connectivity index (χ1v) is 8.61. The molecule has 7 nitrogen and oxygen atoms in total. The Morgan fingerprint density at radius 1 is 1.35 bits per heavy atom. The lowest BCUT2D eigenvalue weighted by Crippen LogP contribution is -2.51. The zero-order valence-corrected chi connectivity index (χ0v) is 13.3. The van der Waals surface area contributed by atoms with Crippen molar-refractivity contribution < 1.29 is 18.6 Å². The highest BCUT2D eigenvalue weighted by Crippen LogP contribution is 2.09. The lowest BCUT2D eigenvalue weighted by Gasteiger charge is -2.18. The molecule has 1 saturated heterocycles. The SMILES string of the molecule is NC(=O)[C@H](CC[S@@](=O)c1ccccc1)NC(=O)[C@H]1CCC(=O)N1. The molecule has 0 saturated carbocycles. The number of amides is 3. The fourth-order valence-electron chi connectivity index (χ4n) is 2.28. The Morgan fingerprint density at radius 3 is 2.61 bits per heavy atom. The third-order valence-corrected chi connectivity index (χ3v) is 4.97. The monoisotopic (exact) mass is 337 g/mol. The van der Waals surface area contributed by atoms with Crippen LogP contribution < -0.4 is 16.4 Å². The second-order valence-electron chi connectivity index (χ2n) is 5.27. The van der Waals surface area contributed by atoms with Crippen molar-refractivity contribution in [2.45, 2.75) is 36.2 Å². The van der Waals surface area contributed by atoms with E-state index in [1.165, 1.54) is 0 Å². The predicted octanol–water partition coefficient (Wildman–Crippen LogP) is -0.567. The van der Waals surface area contributed by atoms with Crippen molar-refractivity contribution in [3.8, 4) is 0 Å². The number of carbonyl (C=O) groups excluding carboxylic acids is 3. The van der Waals surface area contributed by atoms with E-state index in [0.29, 0.717) is 11.3 Å². The zero-order chi connectivity index (χ0) is 16.8. The number of nitrogens with one attached hydrogen (secondary N) is 2. The van der Waals surface area contributed by atoms with Crippen LogP contribution in [0.2, 0.25) is 0 Å². The summed E-state index contributed by atoms with van der Waals surface area (Å²) in [6.45, 7) is 0. The molecular formula is C15H19N3O4S. The van der Waals surface area contributed by atoms with E-state index in [9.17, 15) is 18.6 Å². The van der Waals surface area contributed by atoms with E-state index in [4.69, 9.17) is 5.73 Å². The van der Waals surface area contributed by atoms with E-state index in [-0.39, 0.29) is 24.5 Å². The van der Waals surface area contributed by atoms with Crippen LogP contribution >= 0.6 is 0 Å². The number of benzene rings is 1. The fraction of sp³-hybridized carbons (Fsp3) is 0.400. The summed E-state index contributed by atoms with van der Waals surface area (Å²) in [6, 6.07) is 7.32. The van der Waals surface area contributed by atoms with Gasteiger partial charge in [-0.25, -0.2) is 0 Å². The molecule has 1 fully saturated rings. The maximum atomic E-state index is 12.1. The van der Waals surface area contributed by atoms with Crippen molar-refractivity contribution in [2.24, 2.45) is 5.73 Å². The van der Waals surface area contributed by atoms with Gasteiger partial charge in [0.1, 0.15) is 12.1 Å². The van der Waals surface area contributed by atoms with Gasteiger partial charge >= 0.3 is 0 Å². The Bertz CT molecular complexity index is 620. The highest BCUT2D eigenvalue weighted by atomic mass is 32.2. The average molecular weight is 337 g/mol. The summed E-state index contributed by atoms with van der Waals surface area (Å²) in [7, 11) is -1.27. The molecule has 1 aromatic carbocycles. The smallest absolute Gasteiger partial charge is 0.243 e. The van der Waals surface area contributed by atoms with Gasteiger partial charge in [0, 0.05) is 17.1 Å². The molecule has 0 radical (unpaired) electrons. The van der Waals surface area contributed by atoms with Gasteiger partial charge in [0.2, 0.25) is 17.7 Å². The van der Waals surface area contributed by atoms with Gasteiger partial charge < -0.3 is 16.4 Å². The first kappa shape index (κ1) is 17.1. The topological polar surface area (TPSA) is 118 Å². The minimum Gasteiger partial charge on any atom is -0.368 e. The first-order chi connectivity index (χ1) is 11.0. The third-order valence-electron chi connectivity index (χ3n) is 3.57. The van der Waals surface area contributed by atoms with Crippen LogP contribution in [0.1, 0.15) is 19.3 Å². The van der Waals surface area contributed by atoms with E-state index >= 15 is 0 Å². The molecule has 1 aliphatic heterocycles. The Labute approximate surface area is 136 Å². The van der Waals surface area contributed by atoms with Gasteiger partial charge in [-0.2, -0.15) is 0 Å². The molecule has 1 aliphatic rings. The maximum Gasteiger partial charge on any atom is 0.243 e. The maximum absolute atomic E-state index is 12.1. The highest BCUT2D eigenvalue weighted by molar-refractivity contribution is 7.85. The van der Waals surface area contributed by atoms with Crippen molar-refractivity contribution in [3.05, 3.63) is 30.3 Å². The third kappa shape index (κ3) is 4.88. The van der Waals surface area contributed by atoms with Gasteiger partial charge in [0.15, 0.2) is 0 Å². The fourth-order valence-corrected chi connectivity index (χ4v) is 3.43. The minimum atomic E-state index is -1.27. The molecule has 2 rings (SSSR count). The molecule has 3 atom stereocenters. The largest absolute Gasteiger partial charge is 0.368 e. The van der Waals surface area contributed by atoms with E-state index < -0.39 is 34.7 Å². The van der Waals surface area contributed by atoms with Gasteiger partial charge in [0.25, 0.3) is 0 Å². The lowest BCUT2D eigenvalue weighted by atomic mass is 10.1.